The number of nitrogens with one attached hydrogen (secondary N) is 1. The van der Waals surface area contributed by atoms with Gasteiger partial charge in [-0.25, -0.2) is 4.39 Å². The number of nitrogens with zero attached hydrogens (tertiary/aromatic N) is 3. The summed E-state index contributed by atoms with van der Waals surface area (Å²) in [7, 11) is 0. The molecule has 0 aromatic heterocycles. The number of anilines is 1. The smallest absolute Gasteiger partial charge is 0.241 e. The quantitative estimate of drug-likeness (QED) is 0.839. The van der Waals surface area contributed by atoms with Gasteiger partial charge in [0.15, 0.2) is 0 Å². The molecule has 0 saturated carbocycles. The van der Waals surface area contributed by atoms with Gasteiger partial charge in [0, 0.05) is 18.1 Å². The molecular formula is C14H14ClFN4O. The van der Waals surface area contributed by atoms with Gasteiger partial charge >= 0.3 is 0 Å². The Morgan fingerprint density at radius 3 is 2.48 bits per heavy atom. The summed E-state index contributed by atoms with van der Waals surface area (Å²) in [4.78, 5) is 13.4. The van der Waals surface area contributed by atoms with Crippen LogP contribution in [0.25, 0.3) is 0 Å². The van der Waals surface area contributed by atoms with Crippen LogP contribution >= 0.6 is 11.6 Å². The van der Waals surface area contributed by atoms with Crippen LogP contribution in [0, 0.1) is 28.5 Å². The highest BCUT2D eigenvalue weighted by Gasteiger charge is 2.13. The minimum Gasteiger partial charge on any atom is -0.374 e. The average Bonchev–Trinajstić information content (AvgIpc) is 2.48. The van der Waals surface area contributed by atoms with Gasteiger partial charge in [-0.2, -0.15) is 10.5 Å². The standard InChI is InChI=1S/C14H14ClFN4O/c15-11-3-4-12(16)13(9-11)19-10-14(21)20(7-1-5-17)8-2-6-18/h3-4,9,19H,1-2,7-8,10H2. The summed E-state index contributed by atoms with van der Waals surface area (Å²) in [5.41, 5.74) is 0.136. The molecule has 21 heavy (non-hydrogen) atoms. The lowest BCUT2D eigenvalue weighted by atomic mass is 10.3. The van der Waals surface area contributed by atoms with Crippen molar-refractivity contribution >= 4 is 23.2 Å². The van der Waals surface area contributed by atoms with Gasteiger partial charge in [-0.3, -0.25) is 4.79 Å². The molecule has 7 heteroatoms. The number of nitriles is 2. The van der Waals surface area contributed by atoms with Crippen molar-refractivity contribution in [1.82, 2.24) is 4.90 Å². The third-order valence-corrected chi connectivity index (χ3v) is 2.93. The second-order valence-electron chi connectivity index (χ2n) is 4.17. The van der Waals surface area contributed by atoms with Crippen LogP contribution in [0.15, 0.2) is 18.2 Å². The highest BCUT2D eigenvalue weighted by atomic mass is 35.5. The summed E-state index contributed by atoms with van der Waals surface area (Å²) in [6.45, 7) is 0.363. The van der Waals surface area contributed by atoms with Crippen LogP contribution in [0.5, 0.6) is 0 Å². The predicted molar refractivity (Wildman–Crippen MR) is 76.9 cm³/mol. The second-order valence-corrected chi connectivity index (χ2v) is 4.61. The molecule has 1 aromatic carbocycles. The van der Waals surface area contributed by atoms with Crippen LogP contribution in [0.1, 0.15) is 12.8 Å². The van der Waals surface area contributed by atoms with E-state index in [4.69, 9.17) is 22.1 Å². The zero-order valence-corrected chi connectivity index (χ0v) is 12.0. The highest BCUT2D eigenvalue weighted by molar-refractivity contribution is 6.30. The van der Waals surface area contributed by atoms with Gasteiger partial charge in [0.05, 0.1) is 37.2 Å². The van der Waals surface area contributed by atoms with Gasteiger partial charge in [0.1, 0.15) is 5.82 Å². The first-order valence-electron chi connectivity index (χ1n) is 6.29. The van der Waals surface area contributed by atoms with Crippen molar-refractivity contribution in [3.8, 4) is 12.1 Å². The van der Waals surface area contributed by atoms with Crippen LogP contribution in [0.4, 0.5) is 10.1 Å². The summed E-state index contributed by atoms with van der Waals surface area (Å²) in [6.07, 6.45) is 0.366. The summed E-state index contributed by atoms with van der Waals surface area (Å²) >= 11 is 5.76. The maximum Gasteiger partial charge on any atom is 0.241 e. The van der Waals surface area contributed by atoms with Crippen molar-refractivity contribution in [2.75, 3.05) is 25.0 Å². The minimum absolute atomic E-state index is 0.131. The Morgan fingerprint density at radius 2 is 1.90 bits per heavy atom. The first-order valence-corrected chi connectivity index (χ1v) is 6.67. The molecule has 0 atom stereocenters. The molecule has 1 N–H and O–H groups in total. The third kappa shape index (κ3) is 5.68. The number of rotatable bonds is 7. The molecule has 0 aliphatic carbocycles. The van der Waals surface area contributed by atoms with Gasteiger partial charge in [0.25, 0.3) is 0 Å². The molecule has 0 bridgehead atoms. The molecular weight excluding hydrogens is 295 g/mol. The van der Waals surface area contributed by atoms with E-state index in [9.17, 15) is 9.18 Å². The molecule has 0 fully saturated rings. The van der Waals surface area contributed by atoms with Crippen LogP contribution < -0.4 is 5.32 Å². The monoisotopic (exact) mass is 308 g/mol. The molecule has 0 aliphatic rings. The number of carbonyl (C=O) groups is 1. The number of amides is 1. The lowest BCUT2D eigenvalue weighted by Gasteiger charge is -2.21. The Kier molecular flexibility index (Phi) is 7.00. The van der Waals surface area contributed by atoms with Gasteiger partial charge in [-0.15, -0.1) is 0 Å². The Hall–Kier alpha value is -2.31. The van der Waals surface area contributed by atoms with Crippen LogP contribution in [0.3, 0.4) is 0 Å². The molecule has 0 radical (unpaired) electrons. The Labute approximate surface area is 127 Å². The van der Waals surface area contributed by atoms with Crippen molar-refractivity contribution in [3.63, 3.8) is 0 Å². The zero-order valence-electron chi connectivity index (χ0n) is 11.3. The second kappa shape index (κ2) is 8.78. The fraction of sp³-hybridized carbons (Fsp3) is 0.357. The molecule has 1 aromatic rings. The molecule has 1 amide bonds. The largest absolute Gasteiger partial charge is 0.374 e. The lowest BCUT2D eigenvalue weighted by molar-refractivity contribution is -0.129. The Balaban J connectivity index is 2.62. The zero-order chi connectivity index (χ0) is 15.7. The van der Waals surface area contributed by atoms with Gasteiger partial charge in [0.2, 0.25) is 5.91 Å². The van der Waals surface area contributed by atoms with Gasteiger partial charge in [-0.05, 0) is 18.2 Å². The number of benzene rings is 1. The summed E-state index contributed by atoms with van der Waals surface area (Å²) < 4.78 is 13.5. The molecule has 0 heterocycles. The number of hydrogen-bond donors (Lipinski definition) is 1. The molecule has 1 rings (SSSR count). The molecule has 5 nitrogen and oxygen atoms in total. The SMILES string of the molecule is N#CCCN(CCC#N)C(=O)CNc1cc(Cl)ccc1F. The van der Waals surface area contributed by atoms with Crippen molar-refractivity contribution in [2.45, 2.75) is 12.8 Å². The maximum absolute atomic E-state index is 13.5. The molecule has 0 spiro atoms. The maximum atomic E-state index is 13.5. The Bertz CT molecular complexity index is 561. The topological polar surface area (TPSA) is 79.9 Å². The normalized spacial score (nSPS) is 9.52. The van der Waals surface area contributed by atoms with Crippen molar-refractivity contribution in [1.29, 1.82) is 10.5 Å². The third-order valence-electron chi connectivity index (χ3n) is 2.70. The van der Waals surface area contributed by atoms with E-state index in [2.05, 4.69) is 5.32 Å². The number of hydrogen-bond acceptors (Lipinski definition) is 4. The Morgan fingerprint density at radius 1 is 1.29 bits per heavy atom. The minimum atomic E-state index is -0.507. The van der Waals surface area contributed by atoms with Crippen LogP contribution in [-0.2, 0) is 4.79 Å². The van der Waals surface area contributed by atoms with E-state index in [1.807, 2.05) is 12.1 Å². The number of halogens is 2. The van der Waals surface area contributed by atoms with Crippen molar-refractivity contribution in [3.05, 3.63) is 29.0 Å². The van der Waals surface area contributed by atoms with E-state index in [1.54, 1.807) is 0 Å². The van der Waals surface area contributed by atoms with E-state index in [1.165, 1.54) is 23.1 Å². The van der Waals surface area contributed by atoms with E-state index >= 15 is 0 Å². The van der Waals surface area contributed by atoms with Crippen molar-refractivity contribution < 1.29 is 9.18 Å². The van der Waals surface area contributed by atoms with E-state index in [-0.39, 0.29) is 44.1 Å². The summed E-state index contributed by atoms with van der Waals surface area (Å²) in [5.74, 6) is -0.812. The van der Waals surface area contributed by atoms with E-state index < -0.39 is 5.82 Å². The predicted octanol–water partition coefficient (Wildman–Crippen LogP) is 2.55. The molecule has 0 aliphatic heterocycles. The fourth-order valence-corrected chi connectivity index (χ4v) is 1.82. The van der Waals surface area contributed by atoms with Crippen LogP contribution in [0.2, 0.25) is 5.02 Å². The fourth-order valence-electron chi connectivity index (χ4n) is 1.65. The molecule has 110 valence electrons. The van der Waals surface area contributed by atoms with E-state index in [0.29, 0.717) is 5.02 Å². The average molecular weight is 309 g/mol. The molecule has 0 unspecified atom stereocenters. The van der Waals surface area contributed by atoms with Crippen LogP contribution in [-0.4, -0.2) is 30.4 Å². The van der Waals surface area contributed by atoms with Gasteiger partial charge in [-0.1, -0.05) is 11.6 Å². The van der Waals surface area contributed by atoms with Crippen molar-refractivity contribution in [2.24, 2.45) is 0 Å². The molecule has 0 saturated heterocycles. The first-order chi connectivity index (χ1) is 10.1. The van der Waals surface area contributed by atoms with E-state index in [0.717, 1.165) is 0 Å². The summed E-state index contributed by atoms with van der Waals surface area (Å²) in [6, 6.07) is 7.90. The first kappa shape index (κ1) is 16.7. The van der Waals surface area contributed by atoms with Gasteiger partial charge < -0.3 is 10.2 Å². The lowest BCUT2D eigenvalue weighted by Crippen LogP contribution is -2.37. The highest BCUT2D eigenvalue weighted by Crippen LogP contribution is 2.19. The summed E-state index contributed by atoms with van der Waals surface area (Å²) in [5, 5.41) is 20.2. The number of carbonyl (C=O) groups excluding carboxylic acids is 1.